The van der Waals surface area contributed by atoms with Crippen LogP contribution in [0.3, 0.4) is 0 Å². The molecule has 0 aromatic rings. The van der Waals surface area contributed by atoms with Gasteiger partial charge in [0.1, 0.15) is 0 Å². The molecule has 28 heavy (non-hydrogen) atoms. The Labute approximate surface area is 188 Å². The highest BCUT2D eigenvalue weighted by Gasteiger charge is 2.00. The van der Waals surface area contributed by atoms with Gasteiger partial charge >= 0.3 is 12.1 Å². The van der Waals surface area contributed by atoms with Crippen molar-refractivity contribution < 1.29 is 9.59 Å². The number of carbonyl (C=O) groups excluding carboxylic acids is 2. The molecule has 6 nitrogen and oxygen atoms in total. The molecule has 0 aliphatic heterocycles. The van der Waals surface area contributed by atoms with Crippen molar-refractivity contribution in [3.05, 3.63) is 0 Å². The normalized spacial score (nSPS) is 10.5. The standard InChI is InChI=1S/C18H36Cl2N4O2S2/c19-9-5-1-3-7-11-21-17(25)23-13-15-27-28-16-14-24-18(26)22-12-8-4-2-6-10-20/h1-16H2,(H2,21,23,25)(H2,22,24,26). The number of hydrogen-bond acceptors (Lipinski definition) is 4. The predicted octanol–water partition coefficient (Wildman–Crippen LogP) is 4.56. The molecule has 0 bridgehead atoms. The van der Waals surface area contributed by atoms with E-state index < -0.39 is 0 Å². The van der Waals surface area contributed by atoms with E-state index in [1.165, 1.54) is 0 Å². The van der Waals surface area contributed by atoms with E-state index in [1.807, 2.05) is 0 Å². The van der Waals surface area contributed by atoms with Crippen molar-refractivity contribution in [2.24, 2.45) is 0 Å². The monoisotopic (exact) mass is 474 g/mol. The third-order valence-corrected chi connectivity index (χ3v) is 6.66. The molecule has 0 heterocycles. The second-order valence-corrected chi connectivity index (χ2v) is 9.67. The van der Waals surface area contributed by atoms with Gasteiger partial charge in [0.05, 0.1) is 0 Å². The number of alkyl halides is 2. The zero-order valence-corrected chi connectivity index (χ0v) is 19.8. The number of unbranched alkanes of at least 4 members (excludes halogenated alkanes) is 6. The lowest BCUT2D eigenvalue weighted by atomic mass is 10.2. The first-order valence-electron chi connectivity index (χ1n) is 10.1. The highest BCUT2D eigenvalue weighted by molar-refractivity contribution is 8.76. The van der Waals surface area contributed by atoms with Crippen molar-refractivity contribution in [2.75, 3.05) is 49.4 Å². The van der Waals surface area contributed by atoms with Crippen LogP contribution in [0.2, 0.25) is 0 Å². The number of hydrogen-bond donors (Lipinski definition) is 4. The van der Waals surface area contributed by atoms with Crippen molar-refractivity contribution in [2.45, 2.75) is 51.4 Å². The second-order valence-electron chi connectivity index (χ2n) is 6.22. The van der Waals surface area contributed by atoms with Crippen LogP contribution in [0.15, 0.2) is 0 Å². The first kappa shape index (κ1) is 27.8. The third kappa shape index (κ3) is 22.1. The van der Waals surface area contributed by atoms with Crippen LogP contribution < -0.4 is 21.3 Å². The van der Waals surface area contributed by atoms with E-state index in [1.54, 1.807) is 21.6 Å². The minimum Gasteiger partial charge on any atom is -0.338 e. The summed E-state index contributed by atoms with van der Waals surface area (Å²) in [7, 11) is 3.39. The molecule has 10 heteroatoms. The van der Waals surface area contributed by atoms with Gasteiger partial charge in [-0.3, -0.25) is 0 Å². The van der Waals surface area contributed by atoms with E-state index in [4.69, 9.17) is 23.2 Å². The fourth-order valence-corrected chi connectivity index (χ4v) is 4.40. The fourth-order valence-electron chi connectivity index (χ4n) is 2.21. The van der Waals surface area contributed by atoms with Crippen LogP contribution in [-0.4, -0.2) is 61.5 Å². The summed E-state index contributed by atoms with van der Waals surface area (Å²) in [6.45, 7) is 2.68. The summed E-state index contributed by atoms with van der Waals surface area (Å²) in [5, 5.41) is 11.4. The van der Waals surface area contributed by atoms with Crippen LogP contribution in [0.1, 0.15) is 51.4 Å². The van der Waals surface area contributed by atoms with Crippen LogP contribution in [-0.2, 0) is 0 Å². The van der Waals surface area contributed by atoms with Crippen molar-refractivity contribution in [1.29, 1.82) is 0 Å². The van der Waals surface area contributed by atoms with Gasteiger partial charge in [-0.1, -0.05) is 47.3 Å². The number of halogens is 2. The molecule has 0 atom stereocenters. The molecular formula is C18H36Cl2N4O2S2. The molecule has 0 aromatic heterocycles. The molecule has 0 spiro atoms. The maximum absolute atomic E-state index is 11.6. The zero-order valence-electron chi connectivity index (χ0n) is 16.7. The molecule has 4 N–H and O–H groups in total. The van der Waals surface area contributed by atoms with Crippen molar-refractivity contribution in [3.8, 4) is 0 Å². The lowest BCUT2D eigenvalue weighted by Gasteiger charge is -2.08. The molecule has 0 aromatic carbocycles. The minimum absolute atomic E-state index is 0.107. The third-order valence-electron chi connectivity index (χ3n) is 3.72. The number of amides is 4. The van der Waals surface area contributed by atoms with Crippen molar-refractivity contribution >= 4 is 56.9 Å². The Balaban J connectivity index is 3.25. The van der Waals surface area contributed by atoms with Gasteiger partial charge in [-0.25, -0.2) is 9.59 Å². The number of nitrogens with one attached hydrogen (secondary N) is 4. The molecule has 0 unspecified atom stereocenters. The molecule has 0 saturated carbocycles. The van der Waals surface area contributed by atoms with E-state index in [0.29, 0.717) is 37.9 Å². The summed E-state index contributed by atoms with van der Waals surface area (Å²) in [6, 6.07) is -0.215. The van der Waals surface area contributed by atoms with E-state index in [9.17, 15) is 9.59 Å². The first-order valence-corrected chi connectivity index (χ1v) is 13.7. The molecule has 0 fully saturated rings. The maximum Gasteiger partial charge on any atom is 0.314 e. The summed E-state index contributed by atoms with van der Waals surface area (Å²) in [5.41, 5.74) is 0. The first-order chi connectivity index (χ1) is 13.7. The van der Waals surface area contributed by atoms with E-state index >= 15 is 0 Å². The Kier molecular flexibility index (Phi) is 23.0. The predicted molar refractivity (Wildman–Crippen MR) is 126 cm³/mol. The van der Waals surface area contributed by atoms with Crippen molar-refractivity contribution in [3.63, 3.8) is 0 Å². The van der Waals surface area contributed by atoms with Gasteiger partial charge in [-0.2, -0.15) is 0 Å². The Hall–Kier alpha value is -0.180. The van der Waals surface area contributed by atoms with Gasteiger partial charge in [0.25, 0.3) is 0 Å². The zero-order chi connectivity index (χ0) is 20.7. The molecule has 0 rings (SSSR count). The number of rotatable bonds is 19. The molecule has 0 radical (unpaired) electrons. The van der Waals surface area contributed by atoms with Crippen LogP contribution in [0, 0.1) is 0 Å². The SMILES string of the molecule is O=C(NCCCCCCCl)NCCSSCCNC(=O)NCCCCCCCl. The summed E-state index contributed by atoms with van der Waals surface area (Å²) in [5.74, 6) is 3.09. The Morgan fingerprint density at radius 3 is 1.29 bits per heavy atom. The van der Waals surface area contributed by atoms with E-state index in [0.717, 1.165) is 62.9 Å². The molecule has 0 aliphatic carbocycles. The summed E-state index contributed by atoms with van der Waals surface area (Å²) in [4.78, 5) is 23.2. The van der Waals surface area contributed by atoms with Crippen LogP contribution in [0.25, 0.3) is 0 Å². The molecule has 166 valence electrons. The second kappa shape index (κ2) is 23.1. The Morgan fingerprint density at radius 2 is 0.893 bits per heavy atom. The molecular weight excluding hydrogens is 439 g/mol. The summed E-state index contributed by atoms with van der Waals surface area (Å²) in [6.07, 6.45) is 8.49. The Morgan fingerprint density at radius 1 is 0.536 bits per heavy atom. The average molecular weight is 476 g/mol. The van der Waals surface area contributed by atoms with Gasteiger partial charge in [0.15, 0.2) is 0 Å². The van der Waals surface area contributed by atoms with Crippen LogP contribution >= 0.6 is 44.8 Å². The molecule has 4 amide bonds. The van der Waals surface area contributed by atoms with Crippen LogP contribution in [0.4, 0.5) is 9.59 Å². The Bertz CT molecular complexity index is 349. The average Bonchev–Trinajstić information content (AvgIpc) is 2.69. The summed E-state index contributed by atoms with van der Waals surface area (Å²) < 4.78 is 0. The van der Waals surface area contributed by atoms with Crippen molar-refractivity contribution in [1.82, 2.24) is 21.3 Å². The number of urea groups is 2. The quantitative estimate of drug-likeness (QED) is 0.125. The highest BCUT2D eigenvalue weighted by atomic mass is 35.5. The van der Waals surface area contributed by atoms with Crippen LogP contribution in [0.5, 0.6) is 0 Å². The maximum atomic E-state index is 11.6. The minimum atomic E-state index is -0.107. The lowest BCUT2D eigenvalue weighted by molar-refractivity contribution is 0.240. The smallest absolute Gasteiger partial charge is 0.314 e. The number of carbonyl (C=O) groups is 2. The van der Waals surface area contributed by atoms with Gasteiger partial charge in [-0.15, -0.1) is 23.2 Å². The summed E-state index contributed by atoms with van der Waals surface area (Å²) >= 11 is 11.2. The molecule has 0 aliphatic rings. The largest absolute Gasteiger partial charge is 0.338 e. The topological polar surface area (TPSA) is 82.3 Å². The fraction of sp³-hybridized carbons (Fsp3) is 0.889. The van der Waals surface area contributed by atoms with E-state index in [2.05, 4.69) is 21.3 Å². The highest BCUT2D eigenvalue weighted by Crippen LogP contribution is 2.19. The molecule has 0 saturated heterocycles. The van der Waals surface area contributed by atoms with Gasteiger partial charge in [0, 0.05) is 49.4 Å². The van der Waals surface area contributed by atoms with Gasteiger partial charge < -0.3 is 21.3 Å². The lowest BCUT2D eigenvalue weighted by Crippen LogP contribution is -2.37. The van der Waals surface area contributed by atoms with Gasteiger partial charge in [-0.05, 0) is 25.7 Å². The van der Waals surface area contributed by atoms with E-state index in [-0.39, 0.29) is 12.1 Å². The van der Waals surface area contributed by atoms with Gasteiger partial charge in [0.2, 0.25) is 0 Å².